The molecule has 4 nitrogen and oxygen atoms in total. The highest BCUT2D eigenvalue weighted by Gasteiger charge is 2.09. The van der Waals surface area contributed by atoms with Crippen molar-refractivity contribution in [2.75, 3.05) is 0 Å². The molecule has 0 radical (unpaired) electrons. The first-order valence-electron chi connectivity index (χ1n) is 6.96. The van der Waals surface area contributed by atoms with E-state index in [0.717, 1.165) is 32.7 Å². The zero-order chi connectivity index (χ0) is 16.2. The second-order valence-corrected chi connectivity index (χ2v) is 6.36. The van der Waals surface area contributed by atoms with E-state index in [0.29, 0.717) is 5.56 Å². The second-order valence-electron chi connectivity index (χ2n) is 5.01. The molecule has 0 aliphatic rings. The van der Waals surface area contributed by atoms with Gasteiger partial charge in [0.05, 0.1) is 17.3 Å². The average Bonchev–Trinajstić information content (AvgIpc) is 3.04. The summed E-state index contributed by atoms with van der Waals surface area (Å²) in [5.41, 5.74) is 3.77. The Morgan fingerprint density at radius 3 is 2.70 bits per heavy atom. The van der Waals surface area contributed by atoms with Gasteiger partial charge in [0.1, 0.15) is 6.33 Å². The van der Waals surface area contributed by atoms with Gasteiger partial charge in [-0.15, -0.1) is 10.2 Å². The summed E-state index contributed by atoms with van der Waals surface area (Å²) in [6.07, 6.45) is 1.68. The molecule has 0 saturated carbocycles. The third-order valence-electron chi connectivity index (χ3n) is 3.40. The lowest BCUT2D eigenvalue weighted by Gasteiger charge is -2.08. The fourth-order valence-corrected chi connectivity index (χ4v) is 3.11. The highest BCUT2D eigenvalue weighted by atomic mass is 35.5. The first-order chi connectivity index (χ1) is 11.2. The molecule has 2 aromatic carbocycles. The van der Waals surface area contributed by atoms with Gasteiger partial charge in [0.15, 0.2) is 5.16 Å². The number of aryl methyl sites for hydroxylation is 1. The van der Waals surface area contributed by atoms with Gasteiger partial charge in [0.2, 0.25) is 0 Å². The predicted molar refractivity (Wildman–Crippen MR) is 91.8 cm³/mol. The van der Waals surface area contributed by atoms with E-state index in [1.165, 1.54) is 0 Å². The molecule has 1 heterocycles. The molecule has 3 aromatic rings. The molecular formula is C17H13ClN4S. The van der Waals surface area contributed by atoms with Gasteiger partial charge < -0.3 is 0 Å². The Morgan fingerprint density at radius 2 is 2.00 bits per heavy atom. The number of thioether (sulfide) groups is 1. The third kappa shape index (κ3) is 3.55. The smallest absolute Gasteiger partial charge is 0.195 e. The highest BCUT2D eigenvalue weighted by Crippen LogP contribution is 2.25. The molecular weight excluding hydrogens is 328 g/mol. The molecule has 114 valence electrons. The standard InChI is InChI=1S/C17H13ClN4S/c1-12-2-7-15(8-16(12)18)22-11-20-21-17(22)23-10-14-5-3-13(9-19)4-6-14/h2-8,11H,10H2,1H3. The van der Waals surface area contributed by atoms with Crippen molar-refractivity contribution in [2.45, 2.75) is 17.8 Å². The Kier molecular flexibility index (Phi) is 4.65. The van der Waals surface area contributed by atoms with E-state index >= 15 is 0 Å². The largest absolute Gasteiger partial charge is 0.277 e. The van der Waals surface area contributed by atoms with Gasteiger partial charge in [-0.1, -0.05) is 41.6 Å². The van der Waals surface area contributed by atoms with Crippen molar-refractivity contribution >= 4 is 23.4 Å². The molecule has 6 heteroatoms. The maximum Gasteiger partial charge on any atom is 0.195 e. The van der Waals surface area contributed by atoms with Crippen LogP contribution in [-0.2, 0) is 5.75 Å². The lowest BCUT2D eigenvalue weighted by molar-refractivity contribution is 0.883. The van der Waals surface area contributed by atoms with Crippen LogP contribution in [0.15, 0.2) is 53.9 Å². The van der Waals surface area contributed by atoms with Crippen molar-refractivity contribution in [1.29, 1.82) is 5.26 Å². The SMILES string of the molecule is Cc1ccc(-n2cnnc2SCc2ccc(C#N)cc2)cc1Cl. The molecule has 0 aliphatic heterocycles. The van der Waals surface area contributed by atoms with Gasteiger partial charge >= 0.3 is 0 Å². The van der Waals surface area contributed by atoms with Gasteiger partial charge in [-0.2, -0.15) is 5.26 Å². The summed E-state index contributed by atoms with van der Waals surface area (Å²) >= 11 is 7.79. The van der Waals surface area contributed by atoms with Crippen molar-refractivity contribution in [3.63, 3.8) is 0 Å². The van der Waals surface area contributed by atoms with Gasteiger partial charge in [-0.25, -0.2) is 0 Å². The highest BCUT2D eigenvalue weighted by molar-refractivity contribution is 7.98. The summed E-state index contributed by atoms with van der Waals surface area (Å²) in [6.45, 7) is 1.97. The molecule has 0 N–H and O–H groups in total. The van der Waals surface area contributed by atoms with Crippen molar-refractivity contribution in [1.82, 2.24) is 14.8 Å². The summed E-state index contributed by atoms with van der Waals surface area (Å²) < 4.78 is 1.92. The van der Waals surface area contributed by atoms with Gasteiger partial charge in [0.25, 0.3) is 0 Å². The molecule has 0 amide bonds. The van der Waals surface area contributed by atoms with Crippen LogP contribution < -0.4 is 0 Å². The Morgan fingerprint density at radius 1 is 1.22 bits per heavy atom. The van der Waals surface area contributed by atoms with E-state index in [2.05, 4.69) is 16.3 Å². The number of hydrogen-bond acceptors (Lipinski definition) is 4. The van der Waals surface area contributed by atoms with Crippen LogP contribution in [-0.4, -0.2) is 14.8 Å². The molecule has 3 rings (SSSR count). The van der Waals surface area contributed by atoms with Crippen LogP contribution in [0, 0.1) is 18.3 Å². The second kappa shape index (κ2) is 6.86. The zero-order valence-electron chi connectivity index (χ0n) is 12.4. The normalized spacial score (nSPS) is 10.5. The molecule has 0 bridgehead atoms. The van der Waals surface area contributed by atoms with Crippen molar-refractivity contribution in [3.8, 4) is 11.8 Å². The molecule has 23 heavy (non-hydrogen) atoms. The maximum absolute atomic E-state index is 8.83. The van der Waals surface area contributed by atoms with E-state index in [1.54, 1.807) is 18.1 Å². The molecule has 0 fully saturated rings. The average molecular weight is 341 g/mol. The first kappa shape index (κ1) is 15.6. The maximum atomic E-state index is 8.83. The Bertz CT molecular complexity index is 865. The topological polar surface area (TPSA) is 54.5 Å². The quantitative estimate of drug-likeness (QED) is 0.661. The van der Waals surface area contributed by atoms with Crippen molar-refractivity contribution < 1.29 is 0 Å². The number of nitriles is 1. The molecule has 0 spiro atoms. The summed E-state index contributed by atoms with van der Waals surface area (Å²) in [4.78, 5) is 0. The van der Waals surface area contributed by atoms with Crippen LogP contribution >= 0.6 is 23.4 Å². The van der Waals surface area contributed by atoms with Gasteiger partial charge in [-0.05, 0) is 42.3 Å². The van der Waals surface area contributed by atoms with Gasteiger partial charge in [0, 0.05) is 10.8 Å². The van der Waals surface area contributed by atoms with Crippen LogP contribution in [0.4, 0.5) is 0 Å². The number of aromatic nitrogens is 3. The minimum Gasteiger partial charge on any atom is -0.277 e. The first-order valence-corrected chi connectivity index (χ1v) is 8.32. The Labute approximate surface area is 143 Å². The van der Waals surface area contributed by atoms with Crippen LogP contribution in [0.3, 0.4) is 0 Å². The fourth-order valence-electron chi connectivity index (χ4n) is 2.05. The molecule has 1 aromatic heterocycles. The van der Waals surface area contributed by atoms with Crippen LogP contribution in [0.25, 0.3) is 5.69 Å². The minimum atomic E-state index is 0.663. The van der Waals surface area contributed by atoms with E-state index < -0.39 is 0 Å². The monoisotopic (exact) mass is 340 g/mol. The number of benzene rings is 2. The Hall–Kier alpha value is -2.29. The summed E-state index contributed by atoms with van der Waals surface area (Å²) in [5, 5.41) is 18.5. The summed E-state index contributed by atoms with van der Waals surface area (Å²) in [7, 11) is 0. The van der Waals surface area contributed by atoms with E-state index in [9.17, 15) is 0 Å². The van der Waals surface area contributed by atoms with Crippen molar-refractivity contribution in [2.24, 2.45) is 0 Å². The summed E-state index contributed by atoms with van der Waals surface area (Å²) in [6, 6.07) is 15.5. The van der Waals surface area contributed by atoms with Crippen LogP contribution in [0.1, 0.15) is 16.7 Å². The molecule has 0 saturated heterocycles. The molecule has 0 atom stereocenters. The van der Waals surface area contributed by atoms with E-state index in [4.69, 9.17) is 16.9 Å². The van der Waals surface area contributed by atoms with E-state index in [-0.39, 0.29) is 0 Å². The zero-order valence-corrected chi connectivity index (χ0v) is 14.0. The molecule has 0 aliphatic carbocycles. The van der Waals surface area contributed by atoms with Crippen LogP contribution in [0.2, 0.25) is 5.02 Å². The Balaban J connectivity index is 1.78. The lowest BCUT2D eigenvalue weighted by Crippen LogP contribution is -1.96. The molecule has 0 unspecified atom stereocenters. The number of hydrogen-bond donors (Lipinski definition) is 0. The fraction of sp³-hybridized carbons (Fsp3) is 0.118. The third-order valence-corrected chi connectivity index (χ3v) is 4.82. The number of rotatable bonds is 4. The van der Waals surface area contributed by atoms with Crippen molar-refractivity contribution in [3.05, 3.63) is 70.5 Å². The predicted octanol–water partition coefficient (Wildman–Crippen LogP) is 4.39. The summed E-state index contributed by atoms with van der Waals surface area (Å²) in [5.74, 6) is 0.754. The minimum absolute atomic E-state index is 0.663. The number of halogens is 1. The van der Waals surface area contributed by atoms with E-state index in [1.807, 2.05) is 54.0 Å². The lowest BCUT2D eigenvalue weighted by atomic mass is 10.2. The number of nitrogens with zero attached hydrogens (tertiary/aromatic N) is 4. The van der Waals surface area contributed by atoms with Gasteiger partial charge in [-0.3, -0.25) is 4.57 Å². The van der Waals surface area contributed by atoms with Crippen LogP contribution in [0.5, 0.6) is 0 Å².